The highest BCUT2D eigenvalue weighted by Crippen LogP contribution is 2.28. The fourth-order valence-corrected chi connectivity index (χ4v) is 2.14. The summed E-state index contributed by atoms with van der Waals surface area (Å²) in [5.41, 5.74) is 2.84. The predicted molar refractivity (Wildman–Crippen MR) is 69.1 cm³/mol. The van der Waals surface area contributed by atoms with Crippen molar-refractivity contribution in [2.75, 3.05) is 7.05 Å². The van der Waals surface area contributed by atoms with E-state index in [0.717, 1.165) is 22.2 Å². The summed E-state index contributed by atoms with van der Waals surface area (Å²) >= 11 is 0. The van der Waals surface area contributed by atoms with Gasteiger partial charge >= 0.3 is 0 Å². The number of hydrogen-bond acceptors (Lipinski definition) is 4. The van der Waals surface area contributed by atoms with E-state index in [1.165, 1.54) is 0 Å². The Labute approximate surface area is 105 Å². The largest absolute Gasteiger partial charge is 0.464 e. The van der Waals surface area contributed by atoms with Crippen LogP contribution >= 0.6 is 0 Å². The summed E-state index contributed by atoms with van der Waals surface area (Å²) in [6.45, 7) is 0. The first kappa shape index (κ1) is 10.9. The molecule has 1 N–H and O–H groups in total. The van der Waals surface area contributed by atoms with Gasteiger partial charge in [0, 0.05) is 23.3 Å². The molecule has 0 aliphatic rings. The van der Waals surface area contributed by atoms with E-state index in [-0.39, 0.29) is 6.04 Å². The van der Waals surface area contributed by atoms with E-state index in [2.05, 4.69) is 21.4 Å². The summed E-state index contributed by atoms with van der Waals surface area (Å²) in [6, 6.07) is 7.97. The van der Waals surface area contributed by atoms with Crippen LogP contribution in [0.4, 0.5) is 0 Å². The molecule has 0 fully saturated rings. The molecule has 0 bridgehead atoms. The van der Waals surface area contributed by atoms with Crippen molar-refractivity contribution in [3.63, 3.8) is 0 Å². The second kappa shape index (κ2) is 4.58. The van der Waals surface area contributed by atoms with Gasteiger partial charge in [0.25, 0.3) is 0 Å². The van der Waals surface area contributed by atoms with Gasteiger partial charge in [-0.1, -0.05) is 18.2 Å². The topological polar surface area (TPSA) is 51.0 Å². The van der Waals surface area contributed by atoms with Crippen LogP contribution in [0, 0.1) is 0 Å². The Morgan fingerprint density at radius 1 is 1.22 bits per heavy atom. The second-order valence-electron chi connectivity index (χ2n) is 4.04. The molecule has 0 aliphatic heterocycles. The third kappa shape index (κ3) is 1.76. The maximum absolute atomic E-state index is 5.57. The van der Waals surface area contributed by atoms with Crippen LogP contribution in [-0.2, 0) is 0 Å². The van der Waals surface area contributed by atoms with Crippen molar-refractivity contribution < 1.29 is 4.42 Å². The average molecular weight is 239 g/mol. The Balaban J connectivity index is 2.12. The van der Waals surface area contributed by atoms with Crippen LogP contribution in [0.15, 0.2) is 53.5 Å². The maximum atomic E-state index is 5.57. The van der Waals surface area contributed by atoms with Crippen molar-refractivity contribution in [3.05, 3.63) is 60.4 Å². The molecule has 3 rings (SSSR count). The van der Waals surface area contributed by atoms with Gasteiger partial charge in [-0.3, -0.25) is 9.97 Å². The normalized spacial score (nSPS) is 12.7. The quantitative estimate of drug-likeness (QED) is 0.763. The van der Waals surface area contributed by atoms with Crippen LogP contribution < -0.4 is 5.32 Å². The number of fused-ring (bicyclic) bond motifs is 1. The lowest BCUT2D eigenvalue weighted by atomic mass is 10.0. The van der Waals surface area contributed by atoms with Crippen LogP contribution in [0.1, 0.15) is 17.3 Å². The van der Waals surface area contributed by atoms with Crippen molar-refractivity contribution in [2.45, 2.75) is 6.04 Å². The van der Waals surface area contributed by atoms with E-state index in [1.54, 1.807) is 24.9 Å². The summed E-state index contributed by atoms with van der Waals surface area (Å²) < 4.78 is 5.57. The van der Waals surface area contributed by atoms with E-state index in [0.29, 0.717) is 0 Å². The number of para-hydroxylation sites is 1. The minimum Gasteiger partial charge on any atom is -0.464 e. The lowest BCUT2D eigenvalue weighted by Gasteiger charge is -2.13. The molecule has 0 spiro atoms. The molecule has 90 valence electrons. The number of nitrogens with zero attached hydrogens (tertiary/aromatic N) is 2. The highest BCUT2D eigenvalue weighted by molar-refractivity contribution is 5.81. The van der Waals surface area contributed by atoms with Crippen molar-refractivity contribution in [2.24, 2.45) is 0 Å². The molecular formula is C14H13N3O. The Morgan fingerprint density at radius 3 is 2.89 bits per heavy atom. The van der Waals surface area contributed by atoms with Gasteiger partial charge in [0.15, 0.2) is 0 Å². The summed E-state index contributed by atoms with van der Waals surface area (Å²) in [4.78, 5) is 8.46. The zero-order valence-electron chi connectivity index (χ0n) is 10.00. The van der Waals surface area contributed by atoms with Gasteiger partial charge in [-0.25, -0.2) is 0 Å². The number of hydrogen-bond donors (Lipinski definition) is 1. The van der Waals surface area contributed by atoms with E-state index in [9.17, 15) is 0 Å². The van der Waals surface area contributed by atoms with Gasteiger partial charge in [0.1, 0.15) is 5.58 Å². The summed E-state index contributed by atoms with van der Waals surface area (Å²) in [6.07, 6.45) is 6.91. The first-order valence-corrected chi connectivity index (χ1v) is 5.79. The van der Waals surface area contributed by atoms with Crippen molar-refractivity contribution >= 4 is 11.0 Å². The SMILES string of the molecule is CNC(c1cnccn1)c1coc2ccccc12. The molecular weight excluding hydrogens is 226 g/mol. The van der Waals surface area contributed by atoms with Gasteiger partial charge in [0.2, 0.25) is 0 Å². The molecule has 1 atom stereocenters. The molecule has 0 saturated carbocycles. The number of benzene rings is 1. The van der Waals surface area contributed by atoms with E-state index in [1.807, 2.05) is 25.2 Å². The molecule has 2 aromatic heterocycles. The number of aromatic nitrogens is 2. The molecule has 0 saturated heterocycles. The molecule has 4 heteroatoms. The third-order valence-corrected chi connectivity index (χ3v) is 2.99. The summed E-state index contributed by atoms with van der Waals surface area (Å²) in [7, 11) is 1.90. The van der Waals surface area contributed by atoms with Crippen LogP contribution in [0.25, 0.3) is 11.0 Å². The van der Waals surface area contributed by atoms with Gasteiger partial charge in [0.05, 0.1) is 24.2 Å². The van der Waals surface area contributed by atoms with Crippen molar-refractivity contribution in [1.29, 1.82) is 0 Å². The Bertz CT molecular complexity index is 648. The first-order valence-electron chi connectivity index (χ1n) is 5.79. The van der Waals surface area contributed by atoms with E-state index >= 15 is 0 Å². The molecule has 0 aliphatic carbocycles. The van der Waals surface area contributed by atoms with Gasteiger partial charge in [-0.2, -0.15) is 0 Å². The van der Waals surface area contributed by atoms with Gasteiger partial charge in [-0.15, -0.1) is 0 Å². The summed E-state index contributed by atoms with van der Waals surface area (Å²) in [5.74, 6) is 0. The van der Waals surface area contributed by atoms with Crippen LogP contribution in [-0.4, -0.2) is 17.0 Å². The first-order chi connectivity index (χ1) is 8.90. The highest BCUT2D eigenvalue weighted by atomic mass is 16.3. The third-order valence-electron chi connectivity index (χ3n) is 2.99. The van der Waals surface area contributed by atoms with E-state index < -0.39 is 0 Å². The minimum atomic E-state index is -0.0117. The number of furan rings is 1. The van der Waals surface area contributed by atoms with Crippen LogP contribution in [0.2, 0.25) is 0 Å². The molecule has 18 heavy (non-hydrogen) atoms. The molecule has 4 nitrogen and oxygen atoms in total. The van der Waals surface area contributed by atoms with Crippen LogP contribution in [0.3, 0.4) is 0 Å². The van der Waals surface area contributed by atoms with E-state index in [4.69, 9.17) is 4.42 Å². The zero-order chi connectivity index (χ0) is 12.4. The highest BCUT2D eigenvalue weighted by Gasteiger charge is 2.18. The molecule has 0 amide bonds. The van der Waals surface area contributed by atoms with Crippen LogP contribution in [0.5, 0.6) is 0 Å². The molecule has 1 unspecified atom stereocenters. The Hall–Kier alpha value is -2.20. The zero-order valence-corrected chi connectivity index (χ0v) is 10.00. The maximum Gasteiger partial charge on any atom is 0.134 e. The molecule has 3 aromatic rings. The van der Waals surface area contributed by atoms with Gasteiger partial charge < -0.3 is 9.73 Å². The fraction of sp³-hybridized carbons (Fsp3) is 0.143. The second-order valence-corrected chi connectivity index (χ2v) is 4.04. The Kier molecular flexibility index (Phi) is 2.78. The van der Waals surface area contributed by atoms with Crippen molar-refractivity contribution in [1.82, 2.24) is 15.3 Å². The monoisotopic (exact) mass is 239 g/mol. The smallest absolute Gasteiger partial charge is 0.134 e. The molecule has 1 aromatic carbocycles. The number of rotatable bonds is 3. The van der Waals surface area contributed by atoms with Gasteiger partial charge in [-0.05, 0) is 13.1 Å². The minimum absolute atomic E-state index is 0.0117. The number of nitrogens with one attached hydrogen (secondary N) is 1. The Morgan fingerprint density at radius 2 is 2.11 bits per heavy atom. The fourth-order valence-electron chi connectivity index (χ4n) is 2.14. The average Bonchev–Trinajstić information content (AvgIpc) is 2.85. The lowest BCUT2D eigenvalue weighted by molar-refractivity contribution is 0.593. The lowest BCUT2D eigenvalue weighted by Crippen LogP contribution is -2.18. The molecule has 0 radical (unpaired) electrons. The van der Waals surface area contributed by atoms with Crippen molar-refractivity contribution in [3.8, 4) is 0 Å². The standard InChI is InChI=1S/C14H13N3O/c1-15-14(12-8-16-6-7-17-12)11-9-18-13-5-3-2-4-10(11)13/h2-9,14-15H,1H3. The summed E-state index contributed by atoms with van der Waals surface area (Å²) in [5, 5.41) is 4.35. The predicted octanol–water partition coefficient (Wildman–Crippen LogP) is 2.53. The molecule has 2 heterocycles.